The van der Waals surface area contributed by atoms with Gasteiger partial charge in [0.25, 0.3) is 0 Å². The van der Waals surface area contributed by atoms with Crippen molar-refractivity contribution in [3.05, 3.63) is 69.6 Å². The lowest BCUT2D eigenvalue weighted by molar-refractivity contribution is -0.139. The fraction of sp³-hybridized carbons (Fsp3) is 0.320. The van der Waals surface area contributed by atoms with E-state index in [1.165, 1.54) is 24.5 Å². The molecular weight excluding hydrogens is 467 g/mol. The first-order chi connectivity index (χ1) is 16.0. The van der Waals surface area contributed by atoms with Gasteiger partial charge in [-0.1, -0.05) is 26.0 Å². The number of carboxylic acids is 1. The number of alkyl halides is 3. The van der Waals surface area contributed by atoms with E-state index in [9.17, 15) is 18.0 Å². The van der Waals surface area contributed by atoms with Gasteiger partial charge in [0.1, 0.15) is 5.75 Å². The molecule has 34 heavy (non-hydrogen) atoms. The van der Waals surface area contributed by atoms with Gasteiger partial charge >= 0.3 is 12.1 Å². The van der Waals surface area contributed by atoms with Crippen LogP contribution < -0.4 is 10.2 Å². The molecule has 0 spiro atoms. The molecule has 0 saturated carbocycles. The molecule has 0 aliphatic carbocycles. The molecule has 1 heterocycles. The summed E-state index contributed by atoms with van der Waals surface area (Å²) in [7, 11) is 1.49. The van der Waals surface area contributed by atoms with Crippen LogP contribution in [0.2, 0.25) is 0 Å². The number of aliphatic carboxylic acids is 1. The maximum atomic E-state index is 13.2. The van der Waals surface area contributed by atoms with Crippen LogP contribution in [0.15, 0.2) is 42.5 Å². The second-order valence-electron chi connectivity index (χ2n) is 8.09. The van der Waals surface area contributed by atoms with Crippen LogP contribution >= 0.6 is 11.3 Å². The molecule has 0 saturated heterocycles. The Hall–Kier alpha value is -3.04. The third-order valence-electron chi connectivity index (χ3n) is 5.25. The van der Waals surface area contributed by atoms with Crippen LogP contribution in [0.25, 0.3) is 15.8 Å². The topological polar surface area (TPSA) is 67.8 Å². The van der Waals surface area contributed by atoms with E-state index in [4.69, 9.17) is 14.7 Å². The Balaban J connectivity index is 1.96. The molecule has 0 fully saturated rings. The number of benzene rings is 2. The second kappa shape index (κ2) is 10.5. The molecule has 0 bridgehead atoms. The van der Waals surface area contributed by atoms with E-state index >= 15 is 0 Å². The van der Waals surface area contributed by atoms with E-state index in [1.54, 1.807) is 18.2 Å². The summed E-state index contributed by atoms with van der Waals surface area (Å²) in [5, 5.41) is 9.65. The van der Waals surface area contributed by atoms with Crippen molar-refractivity contribution in [1.29, 1.82) is 0 Å². The van der Waals surface area contributed by atoms with Gasteiger partial charge in [-0.05, 0) is 59.7 Å². The average molecular weight is 494 g/mol. The van der Waals surface area contributed by atoms with Crippen LogP contribution in [0.5, 0.6) is 5.75 Å². The lowest BCUT2D eigenvalue weighted by Gasteiger charge is -2.13. The molecule has 3 rings (SSSR count). The Kier molecular flexibility index (Phi) is 7.89. The van der Waals surface area contributed by atoms with E-state index in [0.29, 0.717) is 22.6 Å². The SMILES string of the molecule is CONC(=CCc1sc2cc(C(F)(F)F)ccc2c1C(C)C)c1ccc(OCC(=O)O)c(C)c1. The Labute approximate surface area is 199 Å². The fourth-order valence-corrected chi connectivity index (χ4v) is 5.13. The quantitative estimate of drug-likeness (QED) is 0.331. The van der Waals surface area contributed by atoms with Gasteiger partial charge in [0.2, 0.25) is 0 Å². The van der Waals surface area contributed by atoms with E-state index < -0.39 is 24.3 Å². The summed E-state index contributed by atoms with van der Waals surface area (Å²) >= 11 is 1.36. The van der Waals surface area contributed by atoms with E-state index in [1.807, 2.05) is 32.9 Å². The number of ether oxygens (including phenoxy) is 1. The molecule has 0 atom stereocenters. The van der Waals surface area contributed by atoms with Gasteiger partial charge in [-0.15, -0.1) is 11.3 Å². The van der Waals surface area contributed by atoms with Crippen molar-refractivity contribution in [3.8, 4) is 5.75 Å². The molecule has 0 aliphatic heterocycles. The molecule has 0 unspecified atom stereocenters. The summed E-state index contributed by atoms with van der Waals surface area (Å²) in [5.74, 6) is -0.452. The number of aryl methyl sites for hydroxylation is 1. The Morgan fingerprint density at radius 3 is 2.53 bits per heavy atom. The number of carbonyl (C=O) groups is 1. The molecule has 9 heteroatoms. The molecule has 1 aromatic heterocycles. The van der Waals surface area contributed by atoms with Gasteiger partial charge in [0.05, 0.1) is 18.4 Å². The number of allylic oxidation sites excluding steroid dienone is 1. The van der Waals surface area contributed by atoms with Gasteiger partial charge in [-0.2, -0.15) is 13.2 Å². The zero-order valence-corrected chi connectivity index (χ0v) is 20.1. The van der Waals surface area contributed by atoms with Crippen molar-refractivity contribution in [3.63, 3.8) is 0 Å². The number of fused-ring (bicyclic) bond motifs is 1. The fourth-order valence-electron chi connectivity index (χ4n) is 3.77. The highest BCUT2D eigenvalue weighted by Gasteiger charge is 2.31. The van der Waals surface area contributed by atoms with Crippen LogP contribution in [-0.2, 0) is 22.2 Å². The minimum atomic E-state index is -4.38. The summed E-state index contributed by atoms with van der Waals surface area (Å²) in [6, 6.07) is 9.23. The van der Waals surface area contributed by atoms with Gasteiger partial charge in [-0.25, -0.2) is 4.79 Å². The van der Waals surface area contributed by atoms with Gasteiger partial charge in [0, 0.05) is 21.6 Å². The number of nitrogens with one attached hydrogen (secondary N) is 1. The minimum Gasteiger partial charge on any atom is -0.482 e. The minimum absolute atomic E-state index is 0.139. The van der Waals surface area contributed by atoms with Crippen molar-refractivity contribution in [1.82, 2.24) is 5.48 Å². The number of carboxylic acid groups (broad SMARTS) is 1. The average Bonchev–Trinajstić information content (AvgIpc) is 3.13. The van der Waals surface area contributed by atoms with Crippen LogP contribution in [0.4, 0.5) is 13.2 Å². The number of hydrogen-bond acceptors (Lipinski definition) is 5. The zero-order chi connectivity index (χ0) is 25.0. The number of halogens is 3. The second-order valence-corrected chi connectivity index (χ2v) is 9.23. The van der Waals surface area contributed by atoms with Crippen LogP contribution in [-0.4, -0.2) is 24.8 Å². The molecule has 3 aromatic rings. The number of hydrogen-bond donors (Lipinski definition) is 2. The van der Waals surface area contributed by atoms with Gasteiger partial charge < -0.3 is 9.84 Å². The predicted molar refractivity (Wildman–Crippen MR) is 127 cm³/mol. The van der Waals surface area contributed by atoms with Crippen molar-refractivity contribution in [2.75, 3.05) is 13.7 Å². The number of thiophene rings is 1. The molecule has 0 radical (unpaired) electrons. The molecular formula is C25H26F3NO4S. The van der Waals surface area contributed by atoms with E-state index in [2.05, 4.69) is 5.48 Å². The van der Waals surface area contributed by atoms with Crippen molar-refractivity contribution >= 4 is 33.1 Å². The molecule has 182 valence electrons. The lowest BCUT2D eigenvalue weighted by Crippen LogP contribution is -2.12. The summed E-state index contributed by atoms with van der Waals surface area (Å²) in [4.78, 5) is 16.9. The van der Waals surface area contributed by atoms with Gasteiger partial charge in [-0.3, -0.25) is 10.3 Å². The highest BCUT2D eigenvalue weighted by atomic mass is 32.1. The molecule has 2 N–H and O–H groups in total. The summed E-state index contributed by atoms with van der Waals surface area (Å²) in [6.07, 6.45) is -1.96. The number of rotatable bonds is 9. The molecule has 0 amide bonds. The third kappa shape index (κ3) is 5.90. The van der Waals surface area contributed by atoms with Crippen LogP contribution in [0, 0.1) is 6.92 Å². The number of hydroxylamine groups is 1. The maximum Gasteiger partial charge on any atom is 0.416 e. The first kappa shape index (κ1) is 25.6. The van der Waals surface area contributed by atoms with E-state index in [0.717, 1.165) is 33.0 Å². The molecule has 0 aliphatic rings. The standard InChI is InChI=1S/C25H26F3NO4S/c1-14(2)24-18-7-6-17(25(26,27)28)12-22(18)34-21(24)10-8-19(29-32-4)16-5-9-20(15(3)11-16)33-13-23(30)31/h5-9,11-12,14,29H,10,13H2,1-4H3,(H,30,31). The molecule has 5 nitrogen and oxygen atoms in total. The van der Waals surface area contributed by atoms with E-state index in [-0.39, 0.29) is 5.92 Å². The highest BCUT2D eigenvalue weighted by Crippen LogP contribution is 2.40. The monoisotopic (exact) mass is 493 g/mol. The highest BCUT2D eigenvalue weighted by molar-refractivity contribution is 7.19. The molecule has 2 aromatic carbocycles. The first-order valence-electron chi connectivity index (χ1n) is 10.6. The predicted octanol–water partition coefficient (Wildman–Crippen LogP) is 6.55. The largest absolute Gasteiger partial charge is 0.482 e. The first-order valence-corrected chi connectivity index (χ1v) is 11.4. The zero-order valence-electron chi connectivity index (χ0n) is 19.2. The van der Waals surface area contributed by atoms with Crippen molar-refractivity contribution in [2.24, 2.45) is 0 Å². The lowest BCUT2D eigenvalue weighted by atomic mass is 9.97. The summed E-state index contributed by atoms with van der Waals surface area (Å²) in [5.41, 5.74) is 5.48. The van der Waals surface area contributed by atoms with Crippen LogP contribution in [0.3, 0.4) is 0 Å². The van der Waals surface area contributed by atoms with Crippen molar-refractivity contribution in [2.45, 2.75) is 39.3 Å². The van der Waals surface area contributed by atoms with Crippen LogP contribution in [0.1, 0.15) is 46.9 Å². The van der Waals surface area contributed by atoms with Gasteiger partial charge in [0.15, 0.2) is 6.61 Å². The van der Waals surface area contributed by atoms with Crippen molar-refractivity contribution < 1.29 is 32.6 Å². The summed E-state index contributed by atoms with van der Waals surface area (Å²) in [6.45, 7) is 5.44. The Morgan fingerprint density at radius 1 is 1.21 bits per heavy atom. The maximum absolute atomic E-state index is 13.2. The smallest absolute Gasteiger partial charge is 0.416 e. The normalized spacial score (nSPS) is 12.4. The Bertz CT molecular complexity index is 1210. The summed E-state index contributed by atoms with van der Waals surface area (Å²) < 4.78 is 45.5. The third-order valence-corrected chi connectivity index (χ3v) is 6.44. The Morgan fingerprint density at radius 2 is 1.94 bits per heavy atom.